The fourth-order valence-electron chi connectivity index (χ4n) is 7.07. The predicted molar refractivity (Wildman–Crippen MR) is 296 cm³/mol. The molecular weight excluding hydrogens is 973 g/mol. The molecule has 0 saturated heterocycles. The van der Waals surface area contributed by atoms with E-state index in [1.165, 1.54) is 18.0 Å². The summed E-state index contributed by atoms with van der Waals surface area (Å²) in [6.45, 7) is 19.9. The first-order valence-electron chi connectivity index (χ1n) is 23.9. The molecule has 2 heterocycles. The number of nitrogens with two attached hydrogens (primary N) is 1. The second-order valence-electron chi connectivity index (χ2n) is 20.7. The van der Waals surface area contributed by atoms with Gasteiger partial charge in [-0.1, -0.05) is 53.7 Å². The maximum Gasteiger partial charge on any atom is 0.353 e. The van der Waals surface area contributed by atoms with Gasteiger partial charge >= 0.3 is 11.4 Å². The molecule has 0 unspecified atom stereocenters. The van der Waals surface area contributed by atoms with Crippen molar-refractivity contribution in [3.05, 3.63) is 78.9 Å². The number of nitro groups is 2. The zero-order chi connectivity index (χ0) is 56.5. The van der Waals surface area contributed by atoms with Gasteiger partial charge in [0.15, 0.2) is 0 Å². The number of aromatic nitrogens is 4. The molecule has 0 aliphatic heterocycles. The highest BCUT2D eigenvalue weighted by Gasteiger charge is 2.33. The molecule has 0 spiro atoms. The lowest BCUT2D eigenvalue weighted by Crippen LogP contribution is -2.31. The van der Waals surface area contributed by atoms with Crippen molar-refractivity contribution >= 4 is 73.6 Å². The zero-order valence-electron chi connectivity index (χ0n) is 46.3. The van der Waals surface area contributed by atoms with Gasteiger partial charge in [-0.15, -0.1) is 0 Å². The molecule has 7 N–H and O–H groups in total. The van der Waals surface area contributed by atoms with E-state index >= 15 is 0 Å². The van der Waals surface area contributed by atoms with Crippen LogP contribution in [0.15, 0.2) is 41.6 Å². The first-order valence-corrected chi connectivity index (χ1v) is 25.8. The van der Waals surface area contributed by atoms with E-state index in [2.05, 4.69) is 91.2 Å². The third-order valence-electron chi connectivity index (χ3n) is 10.4. The van der Waals surface area contributed by atoms with Crippen molar-refractivity contribution in [3.63, 3.8) is 0 Å². The summed E-state index contributed by atoms with van der Waals surface area (Å²) in [4.78, 5) is 71.8. The first-order chi connectivity index (χ1) is 34.2. The standard InChI is InChI=1S/C24H38N8O3.C20H28N6O5S.C5H14N2/c1-16-10-11-17(22(33)25-5)14-18(16)27-20-19(32(34)35)21(31(8)15-24(2,3)4)29-23(28-20)26-12-9-13-30(6)7;1-12-8-9-13(18(27)21-5)10-14(12)22-16-15(26(28)29)17(25(6)11-20(2,3)4)24-19(23-16)32(7,30)31;1-7(2)5-3-4-6/h10-11,14H,9,12-13,15H2,1-8H3,(H,25,33)(H2,26,27,28,29);8-10H,11H2,1-7H3,(H,21,27)(H,22,23,24);3-6H2,1-2H3. The van der Waals surface area contributed by atoms with E-state index in [9.17, 15) is 38.2 Å². The van der Waals surface area contributed by atoms with E-state index in [1.54, 1.807) is 63.3 Å². The van der Waals surface area contributed by atoms with Gasteiger partial charge in [-0.25, -0.2) is 8.42 Å². The van der Waals surface area contributed by atoms with Crippen LogP contribution in [0.2, 0.25) is 0 Å². The van der Waals surface area contributed by atoms with Crippen molar-refractivity contribution in [1.29, 1.82) is 0 Å². The molecule has 0 aliphatic carbocycles. The molecule has 2 amide bonds. The number of nitrogens with zero attached hydrogens (tertiary/aromatic N) is 10. The Bertz CT molecular complexity index is 2670. The minimum absolute atomic E-state index is 0.0630. The highest BCUT2D eigenvalue weighted by atomic mass is 32.2. The van der Waals surface area contributed by atoms with Gasteiger partial charge in [-0.05, 0) is 121 Å². The third-order valence-corrected chi connectivity index (χ3v) is 11.2. The van der Waals surface area contributed by atoms with Gasteiger partial charge in [0.2, 0.25) is 39.1 Å². The zero-order valence-corrected chi connectivity index (χ0v) is 47.2. The Morgan fingerprint density at radius 3 is 1.42 bits per heavy atom. The number of aryl methyl sites for hydroxylation is 2. The number of hydrogen-bond acceptors (Lipinski definition) is 20. The number of carbonyl (C=O) groups is 2. The fraction of sp³-hybridized carbons (Fsp3) is 0.551. The summed E-state index contributed by atoms with van der Waals surface area (Å²) >= 11 is 0. The highest BCUT2D eigenvalue weighted by Crippen LogP contribution is 2.38. The normalized spacial score (nSPS) is 11.4. The van der Waals surface area contributed by atoms with Gasteiger partial charge in [0.1, 0.15) is 0 Å². The Morgan fingerprint density at radius 1 is 0.662 bits per heavy atom. The van der Waals surface area contributed by atoms with E-state index in [-0.39, 0.29) is 51.6 Å². The maximum atomic E-state index is 12.2. The Kier molecular flexibility index (Phi) is 24.0. The van der Waals surface area contributed by atoms with Gasteiger partial charge < -0.3 is 51.9 Å². The quantitative estimate of drug-likeness (QED) is 0.0233. The number of anilines is 7. The number of rotatable bonds is 21. The lowest BCUT2D eigenvalue weighted by molar-refractivity contribution is -0.383. The molecule has 2 aromatic heterocycles. The molecular formula is C49H80N16O8S. The largest absolute Gasteiger partial charge is 0.355 e. The van der Waals surface area contributed by atoms with Gasteiger partial charge in [-0.3, -0.25) is 29.8 Å². The average molecular weight is 1050 g/mol. The van der Waals surface area contributed by atoms with Gasteiger partial charge in [0.25, 0.3) is 17.0 Å². The number of benzene rings is 2. The third kappa shape index (κ3) is 20.6. The van der Waals surface area contributed by atoms with Crippen LogP contribution in [-0.2, 0) is 9.84 Å². The van der Waals surface area contributed by atoms with Crippen molar-refractivity contribution in [3.8, 4) is 0 Å². The van der Waals surface area contributed by atoms with E-state index in [0.29, 0.717) is 53.6 Å². The van der Waals surface area contributed by atoms with Crippen LogP contribution in [0, 0.1) is 44.9 Å². The number of nitrogens with one attached hydrogen (secondary N) is 5. The van der Waals surface area contributed by atoms with E-state index in [4.69, 9.17) is 5.73 Å². The Morgan fingerprint density at radius 2 is 1.07 bits per heavy atom. The molecule has 0 aliphatic rings. The van der Waals surface area contributed by atoms with E-state index in [1.807, 2.05) is 41.8 Å². The van der Waals surface area contributed by atoms with Crippen molar-refractivity contribution in [1.82, 2.24) is 40.4 Å². The van der Waals surface area contributed by atoms with Crippen LogP contribution in [0.4, 0.5) is 52.0 Å². The molecule has 0 saturated carbocycles. The summed E-state index contributed by atoms with van der Waals surface area (Å²) < 4.78 is 24.5. The summed E-state index contributed by atoms with van der Waals surface area (Å²) in [5.41, 5.74) is 7.38. The second-order valence-corrected chi connectivity index (χ2v) is 22.6. The minimum atomic E-state index is -3.87. The van der Waals surface area contributed by atoms with Gasteiger partial charge in [0.05, 0.1) is 9.85 Å². The summed E-state index contributed by atoms with van der Waals surface area (Å²) in [6.07, 6.45) is 2.90. The van der Waals surface area contributed by atoms with Gasteiger partial charge in [0, 0.05) is 76.6 Å². The topological polar surface area (TPSA) is 305 Å². The van der Waals surface area contributed by atoms with Crippen LogP contribution < -0.4 is 42.1 Å². The molecule has 24 nitrogen and oxygen atoms in total. The maximum absolute atomic E-state index is 12.2. The molecule has 410 valence electrons. The first kappa shape index (κ1) is 63.3. The molecule has 4 rings (SSSR count). The molecule has 0 bridgehead atoms. The summed E-state index contributed by atoms with van der Waals surface area (Å²) in [5, 5.41) is 38.0. The van der Waals surface area contributed by atoms with Crippen LogP contribution >= 0.6 is 0 Å². The second kappa shape index (κ2) is 28.0. The van der Waals surface area contributed by atoms with Crippen LogP contribution in [0.3, 0.4) is 0 Å². The summed E-state index contributed by atoms with van der Waals surface area (Å²) in [5.74, 6) is -0.411. The van der Waals surface area contributed by atoms with Crippen molar-refractivity contribution < 1.29 is 27.9 Å². The van der Waals surface area contributed by atoms with Crippen LogP contribution in [0.5, 0.6) is 0 Å². The van der Waals surface area contributed by atoms with Gasteiger partial charge in [-0.2, -0.15) is 19.9 Å². The molecule has 25 heteroatoms. The number of amides is 2. The Labute approximate surface area is 436 Å². The smallest absolute Gasteiger partial charge is 0.353 e. The molecule has 0 atom stereocenters. The average Bonchev–Trinajstić information content (AvgIpc) is 3.28. The number of sulfone groups is 1. The fourth-order valence-corrected chi connectivity index (χ4v) is 7.58. The molecule has 0 fully saturated rings. The van der Waals surface area contributed by atoms with Crippen LogP contribution in [0.1, 0.15) is 86.2 Å². The van der Waals surface area contributed by atoms with E-state index < -0.39 is 30.5 Å². The highest BCUT2D eigenvalue weighted by molar-refractivity contribution is 7.90. The molecule has 74 heavy (non-hydrogen) atoms. The molecule has 2 aromatic carbocycles. The van der Waals surface area contributed by atoms with Crippen molar-refractivity contribution in [2.75, 3.05) is 128 Å². The summed E-state index contributed by atoms with van der Waals surface area (Å²) in [7, 11) is 10.7. The monoisotopic (exact) mass is 1050 g/mol. The predicted octanol–water partition coefficient (Wildman–Crippen LogP) is 6.22. The molecule has 0 radical (unpaired) electrons. The van der Waals surface area contributed by atoms with Crippen LogP contribution in [-0.4, -0.2) is 162 Å². The Balaban J connectivity index is 0.000000450. The SMILES string of the molecule is CN(C)CCCN.CNC(=O)c1ccc(C)c(Nc2nc(NCCCN(C)C)nc(N(C)CC(C)(C)C)c2[N+](=O)[O-])c1.CNC(=O)c1ccc(C)c(Nc2nc(S(C)(=O)=O)nc(N(C)CC(C)(C)C)c2[N+](=O)[O-])c1. The van der Waals surface area contributed by atoms with E-state index in [0.717, 1.165) is 44.3 Å². The van der Waals surface area contributed by atoms with Crippen LogP contribution in [0.25, 0.3) is 0 Å². The number of hydrogen-bond donors (Lipinski definition) is 6. The van der Waals surface area contributed by atoms with Crippen molar-refractivity contribution in [2.24, 2.45) is 16.6 Å². The number of carbonyl (C=O) groups excluding carboxylic acids is 2. The lowest BCUT2D eigenvalue weighted by Gasteiger charge is -2.27. The Hall–Kier alpha value is -6.83. The summed E-state index contributed by atoms with van der Waals surface area (Å²) in [6, 6.07) is 9.94. The van der Waals surface area contributed by atoms with Crippen molar-refractivity contribution in [2.45, 2.75) is 73.4 Å². The minimum Gasteiger partial charge on any atom is -0.355 e. The molecule has 4 aromatic rings. The lowest BCUT2D eigenvalue weighted by atomic mass is 9.96.